The lowest BCUT2D eigenvalue weighted by Crippen LogP contribution is -2.53. The van der Waals surface area contributed by atoms with Crippen molar-refractivity contribution < 1.29 is 9.59 Å². The minimum Gasteiger partial charge on any atom is -0.341 e. The lowest BCUT2D eigenvalue weighted by Gasteiger charge is -2.41. The first-order chi connectivity index (χ1) is 22.3. The minimum atomic E-state index is -0.543. The monoisotopic (exact) mass is 639 g/mol. The number of likely N-dealkylation sites (tertiary alicyclic amines) is 1. The van der Waals surface area contributed by atoms with E-state index in [0.717, 1.165) is 81.6 Å². The molecular weight excluding hydrogens is 591 g/mol. The topological polar surface area (TPSA) is 70.5 Å². The van der Waals surface area contributed by atoms with Gasteiger partial charge in [0.2, 0.25) is 5.91 Å². The molecule has 2 aromatic heterocycles. The molecule has 1 N–H and O–H groups in total. The molecule has 244 valence electrons. The highest BCUT2D eigenvalue weighted by atomic mass is 32.1. The molecule has 2 aliphatic heterocycles. The molecule has 0 spiro atoms. The number of benzene rings is 2. The van der Waals surface area contributed by atoms with Crippen LogP contribution in [0.15, 0.2) is 60.0 Å². The summed E-state index contributed by atoms with van der Waals surface area (Å²) in [5.41, 5.74) is 5.35. The number of nitrogens with one attached hydrogen (secondary N) is 1. The van der Waals surface area contributed by atoms with Gasteiger partial charge in [-0.1, -0.05) is 58.0 Å². The molecule has 4 heterocycles. The Morgan fingerprint density at radius 2 is 1.74 bits per heavy atom. The van der Waals surface area contributed by atoms with E-state index in [-0.39, 0.29) is 17.7 Å². The summed E-state index contributed by atoms with van der Waals surface area (Å²) in [6.07, 6.45) is 6.46. The summed E-state index contributed by atoms with van der Waals surface area (Å²) in [7, 11) is 0. The molecule has 4 aromatic rings. The first-order valence-corrected chi connectivity index (χ1v) is 18.2. The van der Waals surface area contributed by atoms with Crippen molar-refractivity contribution in [1.82, 2.24) is 24.7 Å². The van der Waals surface area contributed by atoms with Gasteiger partial charge in [-0.25, -0.2) is 4.98 Å². The maximum Gasteiger partial charge on any atom is 0.252 e. The zero-order valence-electron chi connectivity index (χ0n) is 27.9. The van der Waals surface area contributed by atoms with E-state index in [0.29, 0.717) is 24.1 Å². The number of amides is 2. The second-order valence-corrected chi connectivity index (χ2v) is 14.6. The van der Waals surface area contributed by atoms with Crippen LogP contribution in [0.1, 0.15) is 98.0 Å². The number of hydrogen-bond donors (Lipinski definition) is 1. The largest absolute Gasteiger partial charge is 0.341 e. The zero-order chi connectivity index (χ0) is 32.2. The Balaban J connectivity index is 1.14. The number of carbonyl (C=O) groups is 2. The highest BCUT2D eigenvalue weighted by Crippen LogP contribution is 2.29. The summed E-state index contributed by atoms with van der Waals surface area (Å²) in [6.45, 7) is 12.2. The van der Waals surface area contributed by atoms with Gasteiger partial charge in [0.15, 0.2) is 0 Å². The molecule has 1 atom stereocenters. The van der Waals surface area contributed by atoms with Gasteiger partial charge in [0.05, 0.1) is 11.0 Å². The van der Waals surface area contributed by atoms with Gasteiger partial charge in [0.25, 0.3) is 5.91 Å². The van der Waals surface area contributed by atoms with E-state index in [4.69, 9.17) is 4.98 Å². The summed E-state index contributed by atoms with van der Waals surface area (Å²) < 4.78 is 2.37. The van der Waals surface area contributed by atoms with Crippen LogP contribution >= 0.6 is 11.3 Å². The maximum absolute atomic E-state index is 13.9. The molecule has 0 aliphatic carbocycles. The Bertz CT molecular complexity index is 1630. The Labute approximate surface area is 278 Å². The average Bonchev–Trinajstić information content (AvgIpc) is 3.72. The van der Waals surface area contributed by atoms with Crippen molar-refractivity contribution in [2.24, 2.45) is 5.92 Å². The summed E-state index contributed by atoms with van der Waals surface area (Å²) in [5.74, 6) is 1.15. The van der Waals surface area contributed by atoms with E-state index in [1.807, 2.05) is 23.1 Å². The highest BCUT2D eigenvalue weighted by molar-refractivity contribution is 7.09. The van der Waals surface area contributed by atoms with E-state index in [9.17, 15) is 9.59 Å². The van der Waals surface area contributed by atoms with Gasteiger partial charge in [0.1, 0.15) is 11.9 Å². The number of imidazole rings is 1. The van der Waals surface area contributed by atoms with Gasteiger partial charge in [-0.3, -0.25) is 14.5 Å². The summed E-state index contributed by atoms with van der Waals surface area (Å²) in [6, 6.07) is 19.1. The van der Waals surface area contributed by atoms with Crippen LogP contribution in [0.4, 0.5) is 0 Å². The second-order valence-electron chi connectivity index (χ2n) is 13.5. The number of thiophene rings is 1. The molecule has 2 aliphatic rings. The first-order valence-electron chi connectivity index (χ1n) is 17.3. The predicted octanol–water partition coefficient (Wildman–Crippen LogP) is 7.24. The summed E-state index contributed by atoms with van der Waals surface area (Å²) >= 11 is 1.75. The van der Waals surface area contributed by atoms with Crippen LogP contribution in [0.5, 0.6) is 0 Å². The van der Waals surface area contributed by atoms with Crippen molar-refractivity contribution >= 4 is 34.2 Å². The molecule has 6 rings (SSSR count). The fourth-order valence-corrected chi connectivity index (χ4v) is 8.18. The molecule has 0 radical (unpaired) electrons. The summed E-state index contributed by atoms with van der Waals surface area (Å²) in [4.78, 5) is 38.5. The van der Waals surface area contributed by atoms with E-state index in [1.54, 1.807) is 11.3 Å². The van der Waals surface area contributed by atoms with Crippen molar-refractivity contribution in [2.75, 3.05) is 19.6 Å². The van der Waals surface area contributed by atoms with Crippen LogP contribution < -0.4 is 5.32 Å². The van der Waals surface area contributed by atoms with Crippen molar-refractivity contribution in [2.45, 2.75) is 97.3 Å². The standard InChI is InChI=1S/C38H49N5O2S/c1-5-30(6-2)43-35-14-13-28(23-33(35)39-36(43)24-32-12-9-21-46-32)37(44)40-34(22-26(3)4)38(45)41-19-16-31(17-20-41)42-18-15-27-10-7-8-11-29(27)25-42/h7-14,21,23,26,30-31,34H,5-6,15-20,22,24-25H2,1-4H3,(H,40,44)/t34-/m0/s1. The van der Waals surface area contributed by atoms with Crippen LogP contribution in [-0.4, -0.2) is 62.9 Å². The molecule has 0 saturated carbocycles. The Morgan fingerprint density at radius 1 is 0.978 bits per heavy atom. The van der Waals surface area contributed by atoms with Gasteiger partial charge >= 0.3 is 0 Å². The van der Waals surface area contributed by atoms with Gasteiger partial charge in [-0.15, -0.1) is 11.3 Å². The second kappa shape index (κ2) is 14.5. The van der Waals surface area contributed by atoms with Crippen LogP contribution in [0.25, 0.3) is 11.0 Å². The molecule has 0 unspecified atom stereocenters. The summed E-state index contributed by atoms with van der Waals surface area (Å²) in [5, 5.41) is 5.25. The molecule has 46 heavy (non-hydrogen) atoms. The molecule has 2 aromatic carbocycles. The fourth-order valence-electron chi connectivity index (χ4n) is 7.48. The SMILES string of the molecule is CCC(CC)n1c(Cc2cccs2)nc2cc(C(=O)N[C@@H](CC(C)C)C(=O)N3CCC(N4CCc5ccccc5C4)CC3)ccc21. The van der Waals surface area contributed by atoms with Crippen molar-refractivity contribution in [3.63, 3.8) is 0 Å². The molecule has 7 nitrogen and oxygen atoms in total. The number of fused-ring (bicyclic) bond motifs is 2. The Kier molecular flexibility index (Phi) is 10.2. The van der Waals surface area contributed by atoms with Gasteiger partial charge in [0, 0.05) is 55.1 Å². The molecule has 8 heteroatoms. The number of rotatable bonds is 11. The third-order valence-electron chi connectivity index (χ3n) is 10.0. The van der Waals surface area contributed by atoms with Crippen LogP contribution in [-0.2, 0) is 24.2 Å². The Morgan fingerprint density at radius 3 is 2.43 bits per heavy atom. The van der Waals surface area contributed by atoms with E-state index < -0.39 is 6.04 Å². The quantitative estimate of drug-likeness (QED) is 0.188. The normalized spacial score (nSPS) is 16.7. The van der Waals surface area contributed by atoms with Crippen LogP contribution in [0.2, 0.25) is 0 Å². The first kappa shape index (κ1) is 32.5. The molecule has 0 bridgehead atoms. The van der Waals surface area contributed by atoms with E-state index in [1.165, 1.54) is 16.0 Å². The van der Waals surface area contributed by atoms with Crippen LogP contribution in [0.3, 0.4) is 0 Å². The number of hydrogen-bond acceptors (Lipinski definition) is 5. The maximum atomic E-state index is 13.9. The molecule has 1 saturated heterocycles. The Hall–Kier alpha value is -3.49. The highest BCUT2D eigenvalue weighted by Gasteiger charge is 2.33. The van der Waals surface area contributed by atoms with Crippen molar-refractivity contribution in [1.29, 1.82) is 0 Å². The minimum absolute atomic E-state index is 0.0433. The predicted molar refractivity (Wildman–Crippen MR) is 187 cm³/mol. The van der Waals surface area contributed by atoms with E-state index in [2.05, 4.69) is 84.3 Å². The zero-order valence-corrected chi connectivity index (χ0v) is 28.7. The van der Waals surface area contributed by atoms with Gasteiger partial charge in [-0.05, 0) is 85.2 Å². The van der Waals surface area contributed by atoms with Gasteiger partial charge < -0.3 is 14.8 Å². The van der Waals surface area contributed by atoms with Crippen LogP contribution in [0, 0.1) is 5.92 Å². The molecular formula is C38H49N5O2S. The third kappa shape index (κ3) is 7.08. The number of nitrogens with zero attached hydrogens (tertiary/aromatic N) is 4. The van der Waals surface area contributed by atoms with Crippen molar-refractivity contribution in [3.05, 3.63) is 87.4 Å². The molecule has 2 amide bonds. The fraction of sp³-hybridized carbons (Fsp3) is 0.500. The number of carbonyl (C=O) groups excluding carboxylic acids is 2. The number of aromatic nitrogens is 2. The van der Waals surface area contributed by atoms with Gasteiger partial charge in [-0.2, -0.15) is 0 Å². The smallest absolute Gasteiger partial charge is 0.252 e. The lowest BCUT2D eigenvalue weighted by molar-refractivity contribution is -0.135. The van der Waals surface area contributed by atoms with Crippen molar-refractivity contribution in [3.8, 4) is 0 Å². The lowest BCUT2D eigenvalue weighted by atomic mass is 9.95. The number of piperidine rings is 1. The van der Waals surface area contributed by atoms with E-state index >= 15 is 0 Å². The average molecular weight is 640 g/mol. The molecule has 1 fully saturated rings. The third-order valence-corrected chi connectivity index (χ3v) is 10.9.